The average Bonchev–Trinajstić information content (AvgIpc) is 2.47. The van der Waals surface area contributed by atoms with Crippen LogP contribution in [0.2, 0.25) is 31.8 Å². The number of aliphatic hydroxyl groups excluding tert-OH is 1. The number of ketones is 2. The molecule has 2 atom stereocenters. The summed E-state index contributed by atoms with van der Waals surface area (Å²) in [5, 5.41) is 31.9. The predicted octanol–water partition coefficient (Wildman–Crippen LogP) is 0.302. The summed E-state index contributed by atoms with van der Waals surface area (Å²) in [5.41, 5.74) is 0. The Morgan fingerprint density at radius 3 is 1.59 bits per heavy atom. The summed E-state index contributed by atoms with van der Waals surface area (Å²) in [7, 11) is -3.30. The molecule has 0 aromatic rings. The Morgan fingerprint density at radius 1 is 1.00 bits per heavy atom. The van der Waals surface area contributed by atoms with Crippen molar-refractivity contribution in [3.8, 4) is 0 Å². The van der Waals surface area contributed by atoms with Crippen LogP contribution in [-0.2, 0) is 14.0 Å². The molecule has 0 aromatic heterocycles. The number of aliphatic hydroxyl groups is 1. The molecule has 0 aliphatic rings. The first-order chi connectivity index (χ1) is 12.0. The quantitative estimate of drug-likeness (QED) is 0.329. The maximum absolute atomic E-state index is 11.4. The van der Waals surface area contributed by atoms with Crippen molar-refractivity contribution in [2.75, 3.05) is 13.2 Å². The van der Waals surface area contributed by atoms with Crippen molar-refractivity contribution in [1.29, 1.82) is 0 Å². The fourth-order valence-electron chi connectivity index (χ4n) is 1.67. The lowest BCUT2D eigenvalue weighted by Gasteiger charge is -2.37. The van der Waals surface area contributed by atoms with E-state index in [1.54, 1.807) is 6.82 Å². The van der Waals surface area contributed by atoms with E-state index >= 15 is 0 Å². The predicted molar refractivity (Wildman–Crippen MR) is 113 cm³/mol. The number of hydrogen-bond donors (Lipinski definition) is 5. The van der Waals surface area contributed by atoms with Gasteiger partial charge in [-0.25, -0.2) is 0 Å². The van der Waals surface area contributed by atoms with Crippen molar-refractivity contribution >= 4 is 34.0 Å². The van der Waals surface area contributed by atoms with Crippen LogP contribution in [0.15, 0.2) is 0 Å². The molecule has 0 amide bonds. The SMILES string of the molecule is CB(O)N[C@H](CO)C(C)=O.CB(O)N[C@H](CO[Si](C)(C)C(C)(C)C)C(C)=O. The zero-order valence-electron chi connectivity index (χ0n) is 18.3. The van der Waals surface area contributed by atoms with Gasteiger partial charge < -0.3 is 30.0 Å². The molecule has 0 bridgehead atoms. The largest absolute Gasteiger partial charge is 0.437 e. The van der Waals surface area contributed by atoms with Gasteiger partial charge >= 0.3 is 14.1 Å². The van der Waals surface area contributed by atoms with E-state index < -0.39 is 34.5 Å². The maximum Gasteiger partial charge on any atom is 0.374 e. The van der Waals surface area contributed by atoms with E-state index in [0.29, 0.717) is 6.61 Å². The van der Waals surface area contributed by atoms with Crippen LogP contribution in [0.4, 0.5) is 0 Å². The highest BCUT2D eigenvalue weighted by molar-refractivity contribution is 6.74. The van der Waals surface area contributed by atoms with E-state index in [2.05, 4.69) is 44.3 Å². The smallest absolute Gasteiger partial charge is 0.374 e. The molecule has 0 unspecified atom stereocenters. The molecule has 0 heterocycles. The lowest BCUT2D eigenvalue weighted by atomic mass is 9.87. The van der Waals surface area contributed by atoms with Gasteiger partial charge in [-0.3, -0.25) is 9.59 Å². The maximum atomic E-state index is 11.4. The van der Waals surface area contributed by atoms with Gasteiger partial charge in [0, 0.05) is 0 Å². The van der Waals surface area contributed by atoms with Crippen molar-refractivity contribution in [1.82, 2.24) is 10.5 Å². The second-order valence-electron chi connectivity index (χ2n) is 8.27. The Hall–Kier alpha value is -0.553. The van der Waals surface area contributed by atoms with Crippen molar-refractivity contribution in [2.45, 2.75) is 78.5 Å². The lowest BCUT2D eigenvalue weighted by Crippen LogP contribution is -2.50. The molecule has 0 saturated carbocycles. The summed E-state index contributed by atoms with van der Waals surface area (Å²) in [6.45, 7) is 16.8. The fourth-order valence-corrected chi connectivity index (χ4v) is 2.69. The first kappa shape index (κ1) is 28.7. The van der Waals surface area contributed by atoms with E-state index in [0.717, 1.165) is 0 Å². The van der Waals surface area contributed by atoms with Gasteiger partial charge in [-0.05, 0) is 45.6 Å². The molecule has 8 nitrogen and oxygen atoms in total. The van der Waals surface area contributed by atoms with Crippen LogP contribution in [0.1, 0.15) is 34.6 Å². The molecular weight excluding hydrogens is 366 g/mol. The molecule has 0 aliphatic carbocycles. The number of carbonyl (C=O) groups excluding carboxylic acids is 2. The summed E-state index contributed by atoms with van der Waals surface area (Å²) in [6, 6.07) is -1.07. The Kier molecular flexibility index (Phi) is 13.6. The van der Waals surface area contributed by atoms with Gasteiger partial charge in [0.15, 0.2) is 8.32 Å². The van der Waals surface area contributed by atoms with Gasteiger partial charge in [0.25, 0.3) is 0 Å². The monoisotopic (exact) mass is 404 g/mol. The number of Topliss-reactive ketones (excluding diaryl/α,β-unsaturated/α-hetero) is 2. The van der Waals surface area contributed by atoms with Crippen LogP contribution in [0.5, 0.6) is 0 Å². The topological polar surface area (TPSA) is 128 Å². The van der Waals surface area contributed by atoms with Crippen LogP contribution in [0, 0.1) is 0 Å². The average molecular weight is 404 g/mol. The van der Waals surface area contributed by atoms with Gasteiger partial charge in [0.05, 0.1) is 25.3 Å². The van der Waals surface area contributed by atoms with E-state index in [1.807, 2.05) is 0 Å². The Bertz CT molecular complexity index is 459. The summed E-state index contributed by atoms with van der Waals surface area (Å²) < 4.78 is 5.96. The molecule has 0 rings (SSSR count). The van der Waals surface area contributed by atoms with Crippen LogP contribution in [0.3, 0.4) is 0 Å². The molecular formula is C16H38B2N2O6Si. The van der Waals surface area contributed by atoms with Crippen molar-refractivity contribution in [3.05, 3.63) is 0 Å². The zero-order valence-corrected chi connectivity index (χ0v) is 19.3. The molecule has 27 heavy (non-hydrogen) atoms. The number of nitrogens with one attached hydrogen (secondary N) is 2. The van der Waals surface area contributed by atoms with E-state index in [9.17, 15) is 14.6 Å². The summed E-state index contributed by atoms with van der Waals surface area (Å²) in [6.07, 6.45) is 0. The third-order valence-electron chi connectivity index (χ3n) is 4.47. The van der Waals surface area contributed by atoms with Crippen LogP contribution >= 0.6 is 0 Å². The molecule has 0 spiro atoms. The van der Waals surface area contributed by atoms with Crippen molar-refractivity contribution < 1.29 is 29.2 Å². The minimum absolute atomic E-state index is 0.00962. The van der Waals surface area contributed by atoms with Gasteiger partial charge in [-0.15, -0.1) is 0 Å². The Labute approximate surface area is 165 Å². The van der Waals surface area contributed by atoms with Crippen LogP contribution in [0.25, 0.3) is 0 Å². The summed E-state index contributed by atoms with van der Waals surface area (Å²) in [5.74, 6) is -0.187. The lowest BCUT2D eigenvalue weighted by molar-refractivity contribution is -0.120. The molecule has 0 aliphatic heterocycles. The minimum atomic E-state index is -1.84. The minimum Gasteiger partial charge on any atom is -0.437 e. The van der Waals surface area contributed by atoms with E-state index in [4.69, 9.17) is 14.6 Å². The molecule has 11 heteroatoms. The molecule has 0 fully saturated rings. The van der Waals surface area contributed by atoms with Gasteiger partial charge in [-0.2, -0.15) is 0 Å². The van der Waals surface area contributed by atoms with Crippen molar-refractivity contribution in [3.63, 3.8) is 0 Å². The first-order valence-electron chi connectivity index (χ1n) is 9.19. The Morgan fingerprint density at radius 2 is 1.37 bits per heavy atom. The summed E-state index contributed by atoms with van der Waals surface area (Å²) >= 11 is 0. The molecule has 0 saturated heterocycles. The second-order valence-corrected chi connectivity index (χ2v) is 13.1. The van der Waals surface area contributed by atoms with Gasteiger partial charge in [0.1, 0.15) is 11.6 Å². The zero-order chi connectivity index (χ0) is 22.0. The molecule has 158 valence electrons. The second kappa shape index (κ2) is 12.8. The van der Waals surface area contributed by atoms with E-state index in [1.165, 1.54) is 20.7 Å². The normalized spacial score (nSPS) is 13.9. The highest BCUT2D eigenvalue weighted by atomic mass is 28.4. The number of rotatable bonds is 10. The molecule has 5 N–H and O–H groups in total. The first-order valence-corrected chi connectivity index (χ1v) is 12.1. The number of carbonyl (C=O) groups is 2. The van der Waals surface area contributed by atoms with Gasteiger partial charge in [0.2, 0.25) is 0 Å². The van der Waals surface area contributed by atoms with Gasteiger partial charge in [-0.1, -0.05) is 20.8 Å². The number of hydrogen-bond acceptors (Lipinski definition) is 8. The standard InChI is InChI=1S/C11H26BNO3Si.C5H12BNO3/c1-9(14)10(13-12(5)15)8-16-17(6,7)11(2,3)4;1-4(9)5(3-8)7-6(2)10/h10,13,15H,8H2,1-7H3;5,7-8,10H,3H2,1-2H3/t10-;5-/m11/s1. The highest BCUT2D eigenvalue weighted by Crippen LogP contribution is 2.36. The van der Waals surface area contributed by atoms with Crippen molar-refractivity contribution in [2.24, 2.45) is 0 Å². The Balaban J connectivity index is 0. The van der Waals surface area contributed by atoms with Crippen LogP contribution < -0.4 is 10.5 Å². The molecule has 0 aromatic carbocycles. The summed E-state index contributed by atoms with van der Waals surface area (Å²) in [4.78, 5) is 22.0. The fraction of sp³-hybridized carbons (Fsp3) is 0.875. The molecule has 0 radical (unpaired) electrons. The third-order valence-corrected chi connectivity index (χ3v) is 8.97. The highest BCUT2D eigenvalue weighted by Gasteiger charge is 2.38. The van der Waals surface area contributed by atoms with E-state index in [-0.39, 0.29) is 23.2 Å². The van der Waals surface area contributed by atoms with Crippen LogP contribution in [-0.4, -0.2) is 74.4 Å². The third kappa shape index (κ3) is 13.3.